The molecule has 2 heterocycles. The van der Waals surface area contributed by atoms with Crippen LogP contribution in [0.5, 0.6) is 0 Å². The molecule has 0 bridgehead atoms. The lowest BCUT2D eigenvalue weighted by atomic mass is 10.2. The van der Waals surface area contributed by atoms with E-state index in [1.807, 2.05) is 0 Å². The summed E-state index contributed by atoms with van der Waals surface area (Å²) in [5.74, 6) is -1.41. The SMILES string of the molecule is CCOC(=O)c1ccncc1NC(=O)c1ccncc1NC(C)=O. The molecule has 0 fully saturated rings. The zero-order valence-electron chi connectivity index (χ0n) is 13.2. The van der Waals surface area contributed by atoms with Gasteiger partial charge in [0.15, 0.2) is 0 Å². The van der Waals surface area contributed by atoms with E-state index in [9.17, 15) is 14.4 Å². The maximum absolute atomic E-state index is 12.5. The fourth-order valence-corrected chi connectivity index (χ4v) is 1.95. The lowest BCUT2D eigenvalue weighted by Crippen LogP contribution is -2.19. The largest absolute Gasteiger partial charge is 0.462 e. The molecule has 0 aliphatic heterocycles. The number of hydrogen-bond acceptors (Lipinski definition) is 6. The van der Waals surface area contributed by atoms with Crippen LogP contribution in [0, 0.1) is 0 Å². The molecule has 0 aliphatic rings. The van der Waals surface area contributed by atoms with Crippen molar-refractivity contribution in [3.05, 3.63) is 48.0 Å². The van der Waals surface area contributed by atoms with Crippen LogP contribution in [0.4, 0.5) is 11.4 Å². The molecule has 2 rings (SSSR count). The number of nitrogens with one attached hydrogen (secondary N) is 2. The lowest BCUT2D eigenvalue weighted by molar-refractivity contribution is -0.114. The van der Waals surface area contributed by atoms with Gasteiger partial charge in [0.25, 0.3) is 5.91 Å². The minimum Gasteiger partial charge on any atom is -0.462 e. The molecule has 8 nitrogen and oxygen atoms in total. The van der Waals surface area contributed by atoms with Gasteiger partial charge in [0, 0.05) is 19.3 Å². The smallest absolute Gasteiger partial charge is 0.340 e. The molecule has 0 spiro atoms. The van der Waals surface area contributed by atoms with E-state index in [0.717, 1.165) is 0 Å². The van der Waals surface area contributed by atoms with Crippen LogP contribution in [0.1, 0.15) is 34.6 Å². The summed E-state index contributed by atoms with van der Waals surface area (Å²) in [4.78, 5) is 43.4. The van der Waals surface area contributed by atoms with Gasteiger partial charge in [-0.25, -0.2) is 4.79 Å². The first-order valence-electron chi connectivity index (χ1n) is 7.17. The van der Waals surface area contributed by atoms with Crippen molar-refractivity contribution in [3.63, 3.8) is 0 Å². The zero-order chi connectivity index (χ0) is 17.5. The zero-order valence-corrected chi connectivity index (χ0v) is 13.2. The van der Waals surface area contributed by atoms with E-state index in [1.54, 1.807) is 6.92 Å². The molecule has 124 valence electrons. The lowest BCUT2D eigenvalue weighted by Gasteiger charge is -2.12. The fourth-order valence-electron chi connectivity index (χ4n) is 1.95. The van der Waals surface area contributed by atoms with Crippen LogP contribution in [0.3, 0.4) is 0 Å². The number of carbonyl (C=O) groups is 3. The van der Waals surface area contributed by atoms with Crippen molar-refractivity contribution >= 4 is 29.2 Å². The Kier molecular flexibility index (Phi) is 5.56. The molecule has 0 saturated carbocycles. The minimum atomic E-state index is -0.563. The first-order chi connectivity index (χ1) is 11.5. The van der Waals surface area contributed by atoms with Gasteiger partial charge in [-0.2, -0.15) is 0 Å². The molecule has 2 N–H and O–H groups in total. The molecular weight excluding hydrogens is 312 g/mol. The second-order valence-corrected chi connectivity index (χ2v) is 4.70. The number of ether oxygens (including phenoxy) is 1. The quantitative estimate of drug-likeness (QED) is 0.811. The minimum absolute atomic E-state index is 0.190. The van der Waals surface area contributed by atoms with E-state index in [-0.39, 0.29) is 35.0 Å². The van der Waals surface area contributed by atoms with Gasteiger partial charge in [-0.05, 0) is 19.1 Å². The Hall–Kier alpha value is -3.29. The van der Waals surface area contributed by atoms with Gasteiger partial charge in [-0.15, -0.1) is 0 Å². The Morgan fingerprint density at radius 1 is 1.00 bits per heavy atom. The second kappa shape index (κ2) is 7.82. The highest BCUT2D eigenvalue weighted by Crippen LogP contribution is 2.19. The van der Waals surface area contributed by atoms with E-state index in [2.05, 4.69) is 20.6 Å². The highest BCUT2D eigenvalue weighted by Gasteiger charge is 2.17. The van der Waals surface area contributed by atoms with Crippen molar-refractivity contribution in [2.24, 2.45) is 0 Å². The average Bonchev–Trinajstić information content (AvgIpc) is 2.55. The van der Waals surface area contributed by atoms with Gasteiger partial charge in [0.1, 0.15) is 0 Å². The molecule has 0 unspecified atom stereocenters. The van der Waals surface area contributed by atoms with Crippen LogP contribution in [-0.2, 0) is 9.53 Å². The predicted octanol–water partition coefficient (Wildman–Crippen LogP) is 1.86. The average molecular weight is 328 g/mol. The van der Waals surface area contributed by atoms with E-state index in [0.29, 0.717) is 0 Å². The summed E-state index contributed by atoms with van der Waals surface area (Å²) >= 11 is 0. The van der Waals surface area contributed by atoms with E-state index in [4.69, 9.17) is 4.74 Å². The molecule has 0 radical (unpaired) electrons. The summed E-state index contributed by atoms with van der Waals surface area (Å²) in [5, 5.41) is 5.13. The van der Waals surface area contributed by atoms with Crippen LogP contribution >= 0.6 is 0 Å². The first-order valence-corrected chi connectivity index (χ1v) is 7.17. The van der Waals surface area contributed by atoms with Gasteiger partial charge in [0.05, 0.1) is 41.5 Å². The Morgan fingerprint density at radius 2 is 1.58 bits per heavy atom. The highest BCUT2D eigenvalue weighted by atomic mass is 16.5. The molecule has 2 amide bonds. The number of anilines is 2. The molecule has 0 atom stereocenters. The van der Waals surface area contributed by atoms with Gasteiger partial charge in [-0.1, -0.05) is 0 Å². The van der Waals surface area contributed by atoms with E-state index < -0.39 is 11.9 Å². The van der Waals surface area contributed by atoms with Crippen LogP contribution in [-0.4, -0.2) is 34.4 Å². The summed E-state index contributed by atoms with van der Waals surface area (Å²) in [6, 6.07) is 2.91. The van der Waals surface area contributed by atoms with Crippen molar-refractivity contribution in [3.8, 4) is 0 Å². The monoisotopic (exact) mass is 328 g/mol. The van der Waals surface area contributed by atoms with Crippen molar-refractivity contribution in [2.45, 2.75) is 13.8 Å². The third kappa shape index (κ3) is 4.13. The Labute approximate surface area is 138 Å². The first kappa shape index (κ1) is 17.1. The predicted molar refractivity (Wildman–Crippen MR) is 86.7 cm³/mol. The topological polar surface area (TPSA) is 110 Å². The van der Waals surface area contributed by atoms with Crippen LogP contribution in [0.2, 0.25) is 0 Å². The number of aromatic nitrogens is 2. The van der Waals surface area contributed by atoms with Crippen LogP contribution in [0.15, 0.2) is 36.9 Å². The molecule has 0 aliphatic carbocycles. The van der Waals surface area contributed by atoms with Crippen LogP contribution in [0.25, 0.3) is 0 Å². The van der Waals surface area contributed by atoms with Gasteiger partial charge < -0.3 is 15.4 Å². The summed E-state index contributed by atoms with van der Waals surface area (Å²) in [7, 11) is 0. The molecule has 2 aromatic heterocycles. The third-order valence-electron chi connectivity index (χ3n) is 2.94. The number of carbonyl (C=O) groups excluding carboxylic acids is 3. The number of hydrogen-bond donors (Lipinski definition) is 2. The molecule has 24 heavy (non-hydrogen) atoms. The number of amides is 2. The molecule has 2 aromatic rings. The van der Waals surface area contributed by atoms with Gasteiger partial charge in [-0.3, -0.25) is 19.6 Å². The Bertz CT molecular complexity index is 776. The summed E-state index contributed by atoms with van der Waals surface area (Å²) in [5.41, 5.74) is 0.879. The number of pyridine rings is 2. The Balaban J connectivity index is 2.28. The van der Waals surface area contributed by atoms with Crippen molar-refractivity contribution in [1.29, 1.82) is 0 Å². The van der Waals surface area contributed by atoms with Gasteiger partial charge in [0.2, 0.25) is 5.91 Å². The summed E-state index contributed by atoms with van der Waals surface area (Å²) < 4.78 is 4.95. The number of nitrogens with zero attached hydrogens (tertiary/aromatic N) is 2. The standard InChI is InChI=1S/C16H16N4O4/c1-3-24-16(23)12-5-7-18-9-14(12)20-15(22)11-4-6-17-8-13(11)19-10(2)21/h4-9H,3H2,1-2H3,(H,19,21)(H,20,22). The van der Waals surface area contributed by atoms with Crippen molar-refractivity contribution < 1.29 is 19.1 Å². The van der Waals surface area contributed by atoms with E-state index >= 15 is 0 Å². The van der Waals surface area contributed by atoms with Crippen molar-refractivity contribution in [1.82, 2.24) is 9.97 Å². The summed E-state index contributed by atoms with van der Waals surface area (Å²) in [6.07, 6.45) is 5.57. The maximum atomic E-state index is 12.5. The van der Waals surface area contributed by atoms with Crippen molar-refractivity contribution in [2.75, 3.05) is 17.2 Å². The number of rotatable bonds is 5. The van der Waals surface area contributed by atoms with Gasteiger partial charge >= 0.3 is 5.97 Å². The third-order valence-corrected chi connectivity index (χ3v) is 2.94. The highest BCUT2D eigenvalue weighted by molar-refractivity contribution is 6.11. The molecule has 8 heteroatoms. The summed E-state index contributed by atoms with van der Waals surface area (Å²) in [6.45, 7) is 3.23. The molecule has 0 saturated heterocycles. The van der Waals surface area contributed by atoms with E-state index in [1.165, 1.54) is 43.8 Å². The molecular formula is C16H16N4O4. The van der Waals surface area contributed by atoms with Crippen LogP contribution < -0.4 is 10.6 Å². The maximum Gasteiger partial charge on any atom is 0.340 e. The fraction of sp³-hybridized carbons (Fsp3) is 0.188. The number of esters is 1. The molecule has 0 aromatic carbocycles. The second-order valence-electron chi connectivity index (χ2n) is 4.70. The normalized spacial score (nSPS) is 9.92. The Morgan fingerprint density at radius 3 is 2.17 bits per heavy atom.